The second kappa shape index (κ2) is 7.96. The van der Waals surface area contributed by atoms with Crippen molar-refractivity contribution in [3.05, 3.63) is 34.2 Å². The summed E-state index contributed by atoms with van der Waals surface area (Å²) in [6.07, 6.45) is 0.772. The molecule has 2 aliphatic rings. The van der Waals surface area contributed by atoms with Gasteiger partial charge in [0.2, 0.25) is 0 Å². The van der Waals surface area contributed by atoms with E-state index in [1.165, 1.54) is 18.2 Å². The van der Waals surface area contributed by atoms with Crippen molar-refractivity contribution in [1.29, 1.82) is 0 Å². The van der Waals surface area contributed by atoms with Gasteiger partial charge in [0.1, 0.15) is 5.75 Å². The average molecular weight is 399 g/mol. The standard InChI is InChI=1S/C19H20F3NO3S/c1-11-2-4-12(5-3-11)10-26-15-7-6-13(8-14(15)19(20,21)22)9-16-17(24)23-18(25)27-16/h6-9,11-12H,2-5,10H2,1H3,(H,23,24,25)/b16-9-. The summed E-state index contributed by atoms with van der Waals surface area (Å²) in [6, 6.07) is 3.68. The summed E-state index contributed by atoms with van der Waals surface area (Å²) in [4.78, 5) is 22.8. The number of rotatable bonds is 4. The van der Waals surface area contributed by atoms with Gasteiger partial charge in [-0.2, -0.15) is 13.2 Å². The Bertz CT molecular complexity index is 768. The number of carbonyl (C=O) groups excluding carboxylic acids is 2. The number of thioether (sulfide) groups is 1. The van der Waals surface area contributed by atoms with Crippen LogP contribution in [0.5, 0.6) is 5.75 Å². The number of hydrogen-bond donors (Lipinski definition) is 1. The van der Waals surface area contributed by atoms with Crippen LogP contribution in [0.3, 0.4) is 0 Å². The normalized spacial score (nSPS) is 25.0. The highest BCUT2D eigenvalue weighted by molar-refractivity contribution is 8.18. The Labute approximate surface area is 159 Å². The summed E-state index contributed by atoms with van der Waals surface area (Å²) in [5.41, 5.74) is -0.690. The number of benzene rings is 1. The third kappa shape index (κ3) is 5.06. The third-order valence-electron chi connectivity index (χ3n) is 4.86. The molecular weight excluding hydrogens is 379 g/mol. The van der Waals surface area contributed by atoms with E-state index in [0.29, 0.717) is 17.7 Å². The summed E-state index contributed by atoms with van der Waals surface area (Å²) in [7, 11) is 0. The molecular formula is C19H20F3NO3S. The van der Waals surface area contributed by atoms with Crippen LogP contribution in [0.1, 0.15) is 43.7 Å². The van der Waals surface area contributed by atoms with E-state index in [2.05, 4.69) is 12.2 Å². The molecule has 0 radical (unpaired) electrons. The van der Waals surface area contributed by atoms with Crippen LogP contribution in [0.2, 0.25) is 0 Å². The summed E-state index contributed by atoms with van der Waals surface area (Å²) in [6.45, 7) is 2.45. The highest BCUT2D eigenvalue weighted by Gasteiger charge is 2.35. The number of alkyl halides is 3. The Morgan fingerprint density at radius 3 is 2.52 bits per heavy atom. The fourth-order valence-corrected chi connectivity index (χ4v) is 3.94. The second-order valence-corrected chi connectivity index (χ2v) is 8.06. The third-order valence-corrected chi connectivity index (χ3v) is 5.67. The highest BCUT2D eigenvalue weighted by Crippen LogP contribution is 2.38. The maximum absolute atomic E-state index is 13.5. The van der Waals surface area contributed by atoms with Gasteiger partial charge in [-0.3, -0.25) is 14.9 Å². The first kappa shape index (κ1) is 19.8. The number of halogens is 3. The monoisotopic (exact) mass is 399 g/mol. The van der Waals surface area contributed by atoms with Gasteiger partial charge in [-0.15, -0.1) is 0 Å². The van der Waals surface area contributed by atoms with Crippen molar-refractivity contribution in [2.45, 2.75) is 38.8 Å². The lowest BCUT2D eigenvalue weighted by molar-refractivity contribution is -0.139. The molecule has 8 heteroatoms. The molecule has 1 aliphatic heterocycles. The van der Waals surface area contributed by atoms with Crippen LogP contribution < -0.4 is 10.1 Å². The largest absolute Gasteiger partial charge is 0.493 e. The zero-order valence-electron chi connectivity index (χ0n) is 14.8. The van der Waals surface area contributed by atoms with Gasteiger partial charge in [0, 0.05) is 0 Å². The molecule has 1 aromatic rings. The number of hydrogen-bond acceptors (Lipinski definition) is 4. The molecule has 0 bridgehead atoms. The molecule has 2 amide bonds. The Hall–Kier alpha value is -1.96. The zero-order valence-corrected chi connectivity index (χ0v) is 15.6. The number of amides is 2. The summed E-state index contributed by atoms with van der Waals surface area (Å²) >= 11 is 0.664. The van der Waals surface area contributed by atoms with E-state index in [1.807, 2.05) is 0 Å². The van der Waals surface area contributed by atoms with Crippen molar-refractivity contribution in [2.75, 3.05) is 6.61 Å². The lowest BCUT2D eigenvalue weighted by Gasteiger charge is -2.26. The van der Waals surface area contributed by atoms with Crippen molar-refractivity contribution >= 4 is 29.0 Å². The fourth-order valence-electron chi connectivity index (χ4n) is 3.26. The van der Waals surface area contributed by atoms with Gasteiger partial charge >= 0.3 is 6.18 Å². The molecule has 0 aromatic heterocycles. The second-order valence-electron chi connectivity index (χ2n) is 7.04. The molecule has 1 N–H and O–H groups in total. The quantitative estimate of drug-likeness (QED) is 0.704. The maximum Gasteiger partial charge on any atom is 0.419 e. The Morgan fingerprint density at radius 1 is 1.22 bits per heavy atom. The van der Waals surface area contributed by atoms with Crippen molar-refractivity contribution in [3.63, 3.8) is 0 Å². The summed E-state index contributed by atoms with van der Waals surface area (Å²) in [5, 5.41) is 1.54. The lowest BCUT2D eigenvalue weighted by atomic mass is 9.83. The lowest BCUT2D eigenvalue weighted by Crippen LogP contribution is -2.20. The molecule has 0 unspecified atom stereocenters. The van der Waals surface area contributed by atoms with Crippen molar-refractivity contribution in [2.24, 2.45) is 11.8 Å². The van der Waals surface area contributed by atoms with E-state index in [-0.39, 0.29) is 28.7 Å². The molecule has 27 heavy (non-hydrogen) atoms. The topological polar surface area (TPSA) is 55.4 Å². The van der Waals surface area contributed by atoms with Crippen LogP contribution in [0.25, 0.3) is 6.08 Å². The van der Waals surface area contributed by atoms with Gasteiger partial charge in [-0.1, -0.05) is 25.8 Å². The van der Waals surface area contributed by atoms with Gasteiger partial charge in [-0.05, 0) is 60.2 Å². The highest BCUT2D eigenvalue weighted by atomic mass is 32.2. The smallest absolute Gasteiger partial charge is 0.419 e. The molecule has 3 rings (SSSR count). The van der Waals surface area contributed by atoms with Gasteiger partial charge < -0.3 is 4.74 Å². The molecule has 1 aliphatic carbocycles. The Balaban J connectivity index is 1.77. The van der Waals surface area contributed by atoms with E-state index < -0.39 is 22.9 Å². The van der Waals surface area contributed by atoms with Gasteiger partial charge in [0.05, 0.1) is 17.1 Å². The number of ether oxygens (including phenoxy) is 1. The minimum atomic E-state index is -4.58. The molecule has 1 saturated carbocycles. The molecule has 1 heterocycles. The first-order chi connectivity index (χ1) is 12.7. The first-order valence-corrected chi connectivity index (χ1v) is 9.63. The van der Waals surface area contributed by atoms with Crippen LogP contribution in [-0.4, -0.2) is 17.8 Å². The van der Waals surface area contributed by atoms with Crippen molar-refractivity contribution in [3.8, 4) is 5.75 Å². The number of nitrogens with one attached hydrogen (secondary N) is 1. The van der Waals surface area contributed by atoms with Crippen molar-refractivity contribution < 1.29 is 27.5 Å². The molecule has 4 nitrogen and oxygen atoms in total. The average Bonchev–Trinajstić information content (AvgIpc) is 2.91. The predicted molar refractivity (Wildman–Crippen MR) is 97.2 cm³/mol. The first-order valence-electron chi connectivity index (χ1n) is 8.81. The summed E-state index contributed by atoms with van der Waals surface area (Å²) in [5.74, 6) is 0.124. The Kier molecular flexibility index (Phi) is 5.83. The minimum Gasteiger partial charge on any atom is -0.493 e. The van der Waals surface area contributed by atoms with Gasteiger partial charge in [0.25, 0.3) is 11.1 Å². The number of imide groups is 1. The van der Waals surface area contributed by atoms with E-state index in [9.17, 15) is 22.8 Å². The molecule has 0 atom stereocenters. The predicted octanol–water partition coefficient (Wildman–Crippen LogP) is 5.23. The summed E-state index contributed by atoms with van der Waals surface area (Å²) < 4.78 is 45.9. The van der Waals surface area contributed by atoms with E-state index in [0.717, 1.165) is 31.7 Å². The van der Waals surface area contributed by atoms with E-state index in [1.54, 1.807) is 0 Å². The van der Waals surface area contributed by atoms with Gasteiger partial charge in [0.15, 0.2) is 0 Å². The molecule has 1 saturated heterocycles. The van der Waals surface area contributed by atoms with Crippen LogP contribution in [0, 0.1) is 11.8 Å². The van der Waals surface area contributed by atoms with Crippen molar-refractivity contribution in [1.82, 2.24) is 5.32 Å². The molecule has 0 spiro atoms. The van der Waals surface area contributed by atoms with Crippen LogP contribution >= 0.6 is 11.8 Å². The van der Waals surface area contributed by atoms with E-state index >= 15 is 0 Å². The molecule has 146 valence electrons. The van der Waals surface area contributed by atoms with Crippen LogP contribution in [0.4, 0.5) is 18.0 Å². The van der Waals surface area contributed by atoms with Crippen LogP contribution in [0.15, 0.2) is 23.1 Å². The van der Waals surface area contributed by atoms with E-state index in [4.69, 9.17) is 4.74 Å². The maximum atomic E-state index is 13.5. The molecule has 1 aromatic carbocycles. The Morgan fingerprint density at radius 2 is 1.93 bits per heavy atom. The SMILES string of the molecule is CC1CCC(COc2ccc(/C=C3\SC(=O)NC3=O)cc2C(F)(F)F)CC1. The fraction of sp³-hybridized carbons (Fsp3) is 0.474. The minimum absolute atomic E-state index is 0.0677. The zero-order chi connectivity index (χ0) is 19.6. The number of carbonyl (C=O) groups is 2. The van der Waals surface area contributed by atoms with Gasteiger partial charge in [-0.25, -0.2) is 0 Å². The van der Waals surface area contributed by atoms with Crippen LogP contribution in [-0.2, 0) is 11.0 Å². The molecule has 2 fully saturated rings.